The Balaban J connectivity index is 2.41. The number of hydrogen-bond acceptors (Lipinski definition) is 2. The van der Waals surface area contributed by atoms with Crippen molar-refractivity contribution in [2.75, 3.05) is 6.61 Å². The lowest BCUT2D eigenvalue weighted by atomic mass is 9.95. The van der Waals surface area contributed by atoms with Gasteiger partial charge in [0, 0.05) is 5.56 Å². The van der Waals surface area contributed by atoms with Crippen LogP contribution in [0.4, 0.5) is 0 Å². The molecule has 0 spiro atoms. The van der Waals surface area contributed by atoms with Crippen LogP contribution in [-0.2, 0) is 0 Å². The van der Waals surface area contributed by atoms with Crippen molar-refractivity contribution in [1.29, 1.82) is 0 Å². The van der Waals surface area contributed by atoms with E-state index in [9.17, 15) is 5.11 Å². The minimum Gasteiger partial charge on any atom is -0.493 e. The molecule has 0 radical (unpaired) electrons. The Labute approximate surface area is 114 Å². The predicted octanol–water partition coefficient (Wildman–Crippen LogP) is 3.78. The second-order valence-corrected chi connectivity index (χ2v) is 4.73. The second kappa shape index (κ2) is 5.89. The van der Waals surface area contributed by atoms with Crippen molar-refractivity contribution in [3.8, 4) is 5.75 Å². The summed E-state index contributed by atoms with van der Waals surface area (Å²) >= 11 is 0. The molecule has 1 N–H and O–H groups in total. The van der Waals surface area contributed by atoms with Gasteiger partial charge in [-0.2, -0.15) is 0 Å². The third kappa shape index (κ3) is 2.96. The van der Waals surface area contributed by atoms with E-state index in [0.717, 1.165) is 22.4 Å². The zero-order valence-corrected chi connectivity index (χ0v) is 11.7. The van der Waals surface area contributed by atoms with Crippen LogP contribution < -0.4 is 4.74 Å². The molecular weight excluding hydrogens is 236 g/mol. The Morgan fingerprint density at radius 3 is 2.47 bits per heavy atom. The van der Waals surface area contributed by atoms with Crippen molar-refractivity contribution in [2.45, 2.75) is 26.9 Å². The van der Waals surface area contributed by atoms with Crippen molar-refractivity contribution in [3.05, 3.63) is 64.7 Å². The molecule has 100 valence electrons. The number of benzene rings is 2. The molecule has 2 aromatic carbocycles. The quantitative estimate of drug-likeness (QED) is 0.902. The zero-order chi connectivity index (χ0) is 13.8. The van der Waals surface area contributed by atoms with Gasteiger partial charge in [-0.05, 0) is 38.0 Å². The summed E-state index contributed by atoms with van der Waals surface area (Å²) in [5.41, 5.74) is 4.04. The first-order valence-electron chi connectivity index (χ1n) is 6.60. The van der Waals surface area contributed by atoms with Gasteiger partial charge in [-0.15, -0.1) is 0 Å². The van der Waals surface area contributed by atoms with Crippen molar-refractivity contribution < 1.29 is 9.84 Å². The molecular formula is C17H20O2. The molecule has 1 unspecified atom stereocenters. The molecule has 0 aliphatic heterocycles. The van der Waals surface area contributed by atoms with Gasteiger partial charge in [-0.3, -0.25) is 0 Å². The van der Waals surface area contributed by atoms with Crippen LogP contribution in [0.25, 0.3) is 0 Å². The fourth-order valence-corrected chi connectivity index (χ4v) is 2.29. The molecule has 19 heavy (non-hydrogen) atoms. The van der Waals surface area contributed by atoms with Crippen molar-refractivity contribution >= 4 is 0 Å². The maximum Gasteiger partial charge on any atom is 0.125 e. The summed E-state index contributed by atoms with van der Waals surface area (Å²) in [5.74, 6) is 0.748. The lowest BCUT2D eigenvalue weighted by Crippen LogP contribution is -2.05. The summed E-state index contributed by atoms with van der Waals surface area (Å²) in [5, 5.41) is 10.6. The van der Waals surface area contributed by atoms with Crippen LogP contribution in [0.5, 0.6) is 5.75 Å². The molecule has 0 amide bonds. The van der Waals surface area contributed by atoms with Gasteiger partial charge in [0.15, 0.2) is 0 Å². The molecule has 0 saturated carbocycles. The normalized spacial score (nSPS) is 12.2. The van der Waals surface area contributed by atoms with Crippen LogP contribution in [0, 0.1) is 13.8 Å². The van der Waals surface area contributed by atoms with Gasteiger partial charge >= 0.3 is 0 Å². The Morgan fingerprint density at radius 2 is 1.79 bits per heavy atom. The highest BCUT2D eigenvalue weighted by Crippen LogP contribution is 2.31. The minimum absolute atomic E-state index is 0.594. The van der Waals surface area contributed by atoms with Crippen LogP contribution in [-0.4, -0.2) is 11.7 Å². The molecule has 0 fully saturated rings. The van der Waals surface area contributed by atoms with E-state index in [1.165, 1.54) is 5.56 Å². The van der Waals surface area contributed by atoms with Gasteiger partial charge in [0.25, 0.3) is 0 Å². The highest BCUT2D eigenvalue weighted by Gasteiger charge is 2.16. The summed E-state index contributed by atoms with van der Waals surface area (Å²) in [7, 11) is 0. The molecule has 0 heterocycles. The topological polar surface area (TPSA) is 29.5 Å². The number of aryl methyl sites for hydroxylation is 2. The van der Waals surface area contributed by atoms with E-state index in [2.05, 4.69) is 13.0 Å². The first-order valence-corrected chi connectivity index (χ1v) is 6.60. The predicted molar refractivity (Wildman–Crippen MR) is 77.6 cm³/mol. The molecule has 0 aromatic heterocycles. The molecule has 0 bridgehead atoms. The summed E-state index contributed by atoms with van der Waals surface area (Å²) in [6.45, 7) is 6.61. The molecule has 2 rings (SSSR count). The summed E-state index contributed by atoms with van der Waals surface area (Å²) in [4.78, 5) is 0. The standard InChI is InChI=1S/C17H20O2/c1-4-19-16-8-6-5-7-15(16)17(18)14-10-9-12(2)11-13(14)3/h5-11,17-18H,4H2,1-3H3. The maximum absolute atomic E-state index is 10.6. The number of para-hydroxylation sites is 1. The maximum atomic E-state index is 10.6. The number of aliphatic hydroxyl groups is 1. The lowest BCUT2D eigenvalue weighted by Gasteiger charge is -2.18. The summed E-state index contributed by atoms with van der Waals surface area (Å²) in [6.07, 6.45) is -0.650. The fourth-order valence-electron chi connectivity index (χ4n) is 2.29. The molecule has 0 saturated heterocycles. The minimum atomic E-state index is -0.650. The largest absolute Gasteiger partial charge is 0.493 e. The summed E-state index contributed by atoms with van der Waals surface area (Å²) < 4.78 is 5.58. The van der Waals surface area contributed by atoms with Gasteiger partial charge in [-0.25, -0.2) is 0 Å². The van der Waals surface area contributed by atoms with E-state index >= 15 is 0 Å². The third-order valence-electron chi connectivity index (χ3n) is 3.23. The van der Waals surface area contributed by atoms with Gasteiger partial charge < -0.3 is 9.84 Å². The van der Waals surface area contributed by atoms with Gasteiger partial charge in [0.1, 0.15) is 11.9 Å². The average molecular weight is 256 g/mol. The van der Waals surface area contributed by atoms with Crippen molar-refractivity contribution in [2.24, 2.45) is 0 Å². The first-order chi connectivity index (χ1) is 9.13. The van der Waals surface area contributed by atoms with E-state index in [1.807, 2.05) is 50.2 Å². The molecule has 2 heteroatoms. The fraction of sp³-hybridized carbons (Fsp3) is 0.294. The van der Waals surface area contributed by atoms with E-state index in [-0.39, 0.29) is 0 Å². The molecule has 2 aromatic rings. The Hall–Kier alpha value is -1.80. The van der Waals surface area contributed by atoms with Crippen molar-refractivity contribution in [3.63, 3.8) is 0 Å². The highest BCUT2D eigenvalue weighted by atomic mass is 16.5. The number of rotatable bonds is 4. The monoisotopic (exact) mass is 256 g/mol. The smallest absolute Gasteiger partial charge is 0.125 e. The van der Waals surface area contributed by atoms with Gasteiger partial charge in [-0.1, -0.05) is 42.0 Å². The van der Waals surface area contributed by atoms with Gasteiger partial charge in [0.05, 0.1) is 6.61 Å². The molecule has 2 nitrogen and oxygen atoms in total. The number of hydrogen-bond donors (Lipinski definition) is 1. The third-order valence-corrected chi connectivity index (χ3v) is 3.23. The Kier molecular flexibility index (Phi) is 4.23. The number of ether oxygens (including phenoxy) is 1. The van der Waals surface area contributed by atoms with Crippen LogP contribution in [0.15, 0.2) is 42.5 Å². The van der Waals surface area contributed by atoms with Crippen LogP contribution in [0.3, 0.4) is 0 Å². The SMILES string of the molecule is CCOc1ccccc1C(O)c1ccc(C)cc1C. The molecule has 0 aliphatic rings. The summed E-state index contributed by atoms with van der Waals surface area (Å²) in [6, 6.07) is 13.7. The van der Waals surface area contributed by atoms with Gasteiger partial charge in [0.2, 0.25) is 0 Å². The Bertz CT molecular complexity index is 561. The lowest BCUT2D eigenvalue weighted by molar-refractivity contribution is 0.211. The van der Waals surface area contributed by atoms with E-state index in [4.69, 9.17) is 4.74 Å². The molecule has 1 atom stereocenters. The zero-order valence-electron chi connectivity index (χ0n) is 11.7. The Morgan fingerprint density at radius 1 is 1.05 bits per heavy atom. The van der Waals surface area contributed by atoms with Crippen LogP contribution >= 0.6 is 0 Å². The van der Waals surface area contributed by atoms with E-state index in [0.29, 0.717) is 6.61 Å². The number of aliphatic hydroxyl groups excluding tert-OH is 1. The molecule has 0 aliphatic carbocycles. The van der Waals surface area contributed by atoms with Crippen LogP contribution in [0.2, 0.25) is 0 Å². The van der Waals surface area contributed by atoms with Crippen LogP contribution in [0.1, 0.15) is 35.3 Å². The van der Waals surface area contributed by atoms with E-state index in [1.54, 1.807) is 0 Å². The average Bonchev–Trinajstić information content (AvgIpc) is 2.39. The van der Waals surface area contributed by atoms with Crippen molar-refractivity contribution in [1.82, 2.24) is 0 Å². The second-order valence-electron chi connectivity index (χ2n) is 4.73. The first kappa shape index (κ1) is 13.6. The highest BCUT2D eigenvalue weighted by molar-refractivity contribution is 5.43. The van der Waals surface area contributed by atoms with E-state index < -0.39 is 6.10 Å².